The van der Waals surface area contributed by atoms with Crippen molar-refractivity contribution in [3.63, 3.8) is 0 Å². The number of benzene rings is 2. The third-order valence-electron chi connectivity index (χ3n) is 5.49. The first-order chi connectivity index (χ1) is 14.6. The van der Waals surface area contributed by atoms with E-state index in [0.29, 0.717) is 12.2 Å². The van der Waals surface area contributed by atoms with Crippen LogP contribution in [-0.2, 0) is 16.0 Å². The average Bonchev–Trinajstić information content (AvgIpc) is 3.15. The smallest absolute Gasteiger partial charge is 0.238 e. The van der Waals surface area contributed by atoms with Gasteiger partial charge in [0.05, 0.1) is 5.75 Å². The zero-order valence-corrected chi connectivity index (χ0v) is 18.8. The van der Waals surface area contributed by atoms with Crippen LogP contribution < -0.4 is 10.2 Å². The first-order valence-electron chi connectivity index (χ1n) is 11.1. The Morgan fingerprint density at radius 1 is 1.03 bits per heavy atom. The number of rotatable bonds is 10. The van der Waals surface area contributed by atoms with Crippen LogP contribution in [0.25, 0.3) is 0 Å². The Bertz CT molecular complexity index is 850. The molecule has 1 heterocycles. The minimum Gasteiger partial charge on any atom is -0.326 e. The van der Waals surface area contributed by atoms with E-state index in [9.17, 15) is 9.59 Å². The van der Waals surface area contributed by atoms with Crippen molar-refractivity contribution < 1.29 is 9.59 Å². The molecule has 2 aromatic rings. The highest BCUT2D eigenvalue weighted by Gasteiger charge is 2.34. The number of nitrogens with zero attached hydrogens (tertiary/aromatic N) is 1. The van der Waals surface area contributed by atoms with Gasteiger partial charge in [0, 0.05) is 17.8 Å². The first kappa shape index (κ1) is 22.4. The summed E-state index contributed by atoms with van der Waals surface area (Å²) in [5.74, 6) is 0.702. The number of para-hydroxylation sites is 1. The SMILES string of the molecule is CCCCCCCC(=O)Nc1ccc(C2SCC(=O)N2c2ccccc2CC)cc1. The van der Waals surface area contributed by atoms with Crippen molar-refractivity contribution in [2.75, 3.05) is 16.0 Å². The Morgan fingerprint density at radius 2 is 1.77 bits per heavy atom. The van der Waals surface area contributed by atoms with Crippen LogP contribution in [0.5, 0.6) is 0 Å². The lowest BCUT2D eigenvalue weighted by molar-refractivity contribution is -0.116. The maximum atomic E-state index is 12.7. The molecule has 0 spiro atoms. The molecule has 3 rings (SSSR count). The molecule has 1 aliphatic rings. The van der Waals surface area contributed by atoms with Gasteiger partial charge in [0.15, 0.2) is 0 Å². The summed E-state index contributed by atoms with van der Waals surface area (Å²) in [7, 11) is 0. The standard InChI is InChI=1S/C25H32N2O2S/c1-3-5-6-7-8-13-23(28)26-21-16-14-20(15-17-21)25-27(24(29)18-30-25)22-12-10-9-11-19(22)4-2/h9-12,14-17,25H,3-8,13,18H2,1-2H3,(H,26,28). The largest absolute Gasteiger partial charge is 0.326 e. The van der Waals surface area contributed by atoms with Crippen molar-refractivity contribution in [3.05, 3.63) is 59.7 Å². The predicted octanol–water partition coefficient (Wildman–Crippen LogP) is 6.33. The number of thioether (sulfide) groups is 1. The summed E-state index contributed by atoms with van der Waals surface area (Å²) < 4.78 is 0. The van der Waals surface area contributed by atoms with Gasteiger partial charge in [-0.05, 0) is 42.2 Å². The molecular weight excluding hydrogens is 392 g/mol. The summed E-state index contributed by atoms with van der Waals surface area (Å²) in [6, 6.07) is 16.1. The normalized spacial score (nSPS) is 16.1. The van der Waals surface area contributed by atoms with E-state index in [0.717, 1.165) is 36.2 Å². The highest BCUT2D eigenvalue weighted by Crippen LogP contribution is 2.43. The van der Waals surface area contributed by atoms with Gasteiger partial charge < -0.3 is 5.32 Å². The van der Waals surface area contributed by atoms with Crippen molar-refractivity contribution >= 4 is 35.0 Å². The molecule has 4 nitrogen and oxygen atoms in total. The van der Waals surface area contributed by atoms with Gasteiger partial charge in [0.25, 0.3) is 0 Å². The van der Waals surface area contributed by atoms with E-state index >= 15 is 0 Å². The Morgan fingerprint density at radius 3 is 2.50 bits per heavy atom. The van der Waals surface area contributed by atoms with Crippen LogP contribution in [0, 0.1) is 0 Å². The van der Waals surface area contributed by atoms with E-state index in [2.05, 4.69) is 25.2 Å². The molecule has 1 aliphatic heterocycles. The summed E-state index contributed by atoms with van der Waals surface area (Å²) >= 11 is 1.65. The number of carbonyl (C=O) groups excluding carboxylic acids is 2. The van der Waals surface area contributed by atoms with Gasteiger partial charge in [-0.15, -0.1) is 11.8 Å². The molecule has 30 heavy (non-hydrogen) atoms. The van der Waals surface area contributed by atoms with Crippen molar-refractivity contribution in [1.29, 1.82) is 0 Å². The molecule has 2 aromatic carbocycles. The molecule has 1 unspecified atom stereocenters. The van der Waals surface area contributed by atoms with Crippen molar-refractivity contribution in [3.8, 4) is 0 Å². The fourth-order valence-electron chi connectivity index (χ4n) is 3.82. The van der Waals surface area contributed by atoms with Gasteiger partial charge in [0.2, 0.25) is 11.8 Å². The lowest BCUT2D eigenvalue weighted by atomic mass is 10.1. The van der Waals surface area contributed by atoms with Crippen molar-refractivity contribution in [2.45, 2.75) is 64.2 Å². The number of hydrogen-bond donors (Lipinski definition) is 1. The molecular formula is C25H32N2O2S. The molecule has 1 saturated heterocycles. The third-order valence-corrected chi connectivity index (χ3v) is 6.70. The molecule has 1 atom stereocenters. The molecule has 0 saturated carbocycles. The van der Waals surface area contributed by atoms with Gasteiger partial charge in [-0.2, -0.15) is 0 Å². The minimum absolute atomic E-state index is 0.0338. The maximum Gasteiger partial charge on any atom is 0.238 e. The van der Waals surface area contributed by atoms with Crippen LogP contribution in [0.2, 0.25) is 0 Å². The molecule has 1 N–H and O–H groups in total. The van der Waals surface area contributed by atoms with Gasteiger partial charge in [-0.25, -0.2) is 0 Å². The number of carbonyl (C=O) groups is 2. The predicted molar refractivity (Wildman–Crippen MR) is 127 cm³/mol. The highest BCUT2D eigenvalue weighted by atomic mass is 32.2. The van der Waals surface area contributed by atoms with Crippen LogP contribution in [0.4, 0.5) is 11.4 Å². The Kier molecular flexibility index (Phi) is 8.38. The quantitative estimate of drug-likeness (QED) is 0.454. The zero-order chi connectivity index (χ0) is 21.3. The zero-order valence-electron chi connectivity index (χ0n) is 18.0. The summed E-state index contributed by atoms with van der Waals surface area (Å²) in [6.07, 6.45) is 7.17. The van der Waals surface area contributed by atoms with Crippen molar-refractivity contribution in [1.82, 2.24) is 0 Å². The van der Waals surface area contributed by atoms with Crippen LogP contribution >= 0.6 is 11.8 Å². The lowest BCUT2D eigenvalue weighted by Gasteiger charge is -2.26. The fraction of sp³-hybridized carbons (Fsp3) is 0.440. The molecule has 2 amide bonds. The molecule has 5 heteroatoms. The Hall–Kier alpha value is -2.27. The van der Waals surface area contributed by atoms with Crippen LogP contribution in [0.15, 0.2) is 48.5 Å². The summed E-state index contributed by atoms with van der Waals surface area (Å²) in [5, 5.41) is 2.96. The van der Waals surface area contributed by atoms with Gasteiger partial charge in [-0.1, -0.05) is 69.9 Å². The van der Waals surface area contributed by atoms with Crippen LogP contribution in [0.1, 0.15) is 68.9 Å². The van der Waals surface area contributed by atoms with Crippen LogP contribution in [0.3, 0.4) is 0 Å². The first-order valence-corrected chi connectivity index (χ1v) is 12.1. The topological polar surface area (TPSA) is 49.4 Å². The number of nitrogens with one attached hydrogen (secondary N) is 1. The van der Waals surface area contributed by atoms with Crippen molar-refractivity contribution in [2.24, 2.45) is 0 Å². The number of amides is 2. The van der Waals surface area contributed by atoms with Crippen LogP contribution in [-0.4, -0.2) is 17.6 Å². The summed E-state index contributed by atoms with van der Waals surface area (Å²) in [6.45, 7) is 4.31. The number of aryl methyl sites for hydroxylation is 1. The Labute approximate surface area is 184 Å². The van der Waals surface area contributed by atoms with E-state index in [1.54, 1.807) is 11.8 Å². The summed E-state index contributed by atoms with van der Waals surface area (Å²) in [4.78, 5) is 26.7. The molecule has 1 fully saturated rings. The second kappa shape index (κ2) is 11.2. The summed E-state index contributed by atoms with van der Waals surface area (Å²) in [5.41, 5.74) is 4.07. The second-order valence-electron chi connectivity index (χ2n) is 7.74. The second-order valence-corrected chi connectivity index (χ2v) is 8.81. The van der Waals surface area contributed by atoms with E-state index in [1.807, 2.05) is 47.4 Å². The van der Waals surface area contributed by atoms with E-state index in [1.165, 1.54) is 24.8 Å². The lowest BCUT2D eigenvalue weighted by Crippen LogP contribution is -2.28. The molecule has 160 valence electrons. The molecule has 0 aromatic heterocycles. The van der Waals surface area contributed by atoms with E-state index in [4.69, 9.17) is 0 Å². The average molecular weight is 425 g/mol. The Balaban J connectivity index is 1.63. The van der Waals surface area contributed by atoms with E-state index in [-0.39, 0.29) is 17.2 Å². The van der Waals surface area contributed by atoms with Gasteiger partial charge in [0.1, 0.15) is 5.37 Å². The molecule has 0 aliphatic carbocycles. The number of hydrogen-bond acceptors (Lipinski definition) is 3. The highest BCUT2D eigenvalue weighted by molar-refractivity contribution is 8.00. The fourth-order valence-corrected chi connectivity index (χ4v) is 4.99. The third kappa shape index (κ3) is 5.66. The number of unbranched alkanes of at least 4 members (excludes halogenated alkanes) is 4. The minimum atomic E-state index is -0.0338. The molecule has 0 bridgehead atoms. The number of anilines is 2. The van der Waals surface area contributed by atoms with Gasteiger partial charge in [-0.3, -0.25) is 14.5 Å². The van der Waals surface area contributed by atoms with Gasteiger partial charge >= 0.3 is 0 Å². The maximum absolute atomic E-state index is 12.7. The molecule has 0 radical (unpaired) electrons. The monoisotopic (exact) mass is 424 g/mol. The van der Waals surface area contributed by atoms with E-state index < -0.39 is 0 Å².